The van der Waals surface area contributed by atoms with Gasteiger partial charge in [-0.2, -0.15) is 0 Å². The number of carbonyl (C=O) groups excluding carboxylic acids is 1. The third-order valence-electron chi connectivity index (χ3n) is 3.31. The van der Waals surface area contributed by atoms with Crippen LogP contribution in [0.3, 0.4) is 0 Å². The third kappa shape index (κ3) is 7.70. The van der Waals surface area contributed by atoms with Crippen molar-refractivity contribution in [2.24, 2.45) is 0 Å². The van der Waals surface area contributed by atoms with E-state index in [1.807, 2.05) is 20.8 Å². The number of alkyl carbamates (subject to hydrolysis) is 1. The topological polar surface area (TPSA) is 62.4 Å². The molecular formula is C15H31N3O2. The molecule has 0 aliphatic carbocycles. The van der Waals surface area contributed by atoms with Crippen LogP contribution < -0.4 is 16.0 Å². The molecule has 1 heterocycles. The number of ether oxygens (including phenoxy) is 1. The number of nitrogens with one attached hydrogen (secondary N) is 3. The Kier molecular flexibility index (Phi) is 6.27. The molecule has 0 radical (unpaired) electrons. The zero-order chi connectivity index (χ0) is 15.2. The second kappa shape index (κ2) is 7.27. The van der Waals surface area contributed by atoms with Crippen molar-refractivity contribution in [3.63, 3.8) is 0 Å². The molecule has 3 N–H and O–H groups in total. The van der Waals surface area contributed by atoms with Crippen molar-refractivity contribution in [1.82, 2.24) is 16.0 Å². The molecule has 0 bridgehead atoms. The van der Waals surface area contributed by atoms with Crippen molar-refractivity contribution < 1.29 is 9.53 Å². The SMILES string of the molecule is CC(C)(CNC(=O)OC(C)(C)C)NCC1CCCCN1. The molecule has 0 saturated carbocycles. The minimum absolute atomic E-state index is 0.143. The van der Waals surface area contributed by atoms with Crippen molar-refractivity contribution in [3.8, 4) is 0 Å². The van der Waals surface area contributed by atoms with Gasteiger partial charge in [0.05, 0.1) is 0 Å². The van der Waals surface area contributed by atoms with Gasteiger partial charge in [-0.15, -0.1) is 0 Å². The van der Waals surface area contributed by atoms with Crippen LogP contribution in [0, 0.1) is 0 Å². The number of carbonyl (C=O) groups is 1. The second-order valence-electron chi connectivity index (χ2n) is 7.27. The maximum Gasteiger partial charge on any atom is 0.407 e. The van der Waals surface area contributed by atoms with Gasteiger partial charge in [-0.3, -0.25) is 0 Å². The summed E-state index contributed by atoms with van der Waals surface area (Å²) in [6.45, 7) is 12.4. The van der Waals surface area contributed by atoms with Gasteiger partial charge in [-0.1, -0.05) is 6.42 Å². The zero-order valence-corrected chi connectivity index (χ0v) is 13.6. The van der Waals surface area contributed by atoms with E-state index in [-0.39, 0.29) is 11.6 Å². The summed E-state index contributed by atoms with van der Waals surface area (Å²) in [5, 5.41) is 9.85. The van der Waals surface area contributed by atoms with E-state index >= 15 is 0 Å². The van der Waals surface area contributed by atoms with E-state index in [0.29, 0.717) is 12.6 Å². The lowest BCUT2D eigenvalue weighted by Gasteiger charge is -2.31. The summed E-state index contributed by atoms with van der Waals surface area (Å²) in [5.74, 6) is 0. The van der Waals surface area contributed by atoms with Crippen molar-refractivity contribution in [2.45, 2.75) is 71.1 Å². The molecule has 1 rings (SSSR count). The normalized spacial score (nSPS) is 20.6. The summed E-state index contributed by atoms with van der Waals surface area (Å²) in [7, 11) is 0. The summed E-state index contributed by atoms with van der Waals surface area (Å²) in [6, 6.07) is 0.546. The molecule has 1 aliphatic rings. The molecule has 5 nitrogen and oxygen atoms in total. The van der Waals surface area contributed by atoms with E-state index in [2.05, 4.69) is 29.8 Å². The van der Waals surface area contributed by atoms with Crippen molar-refractivity contribution in [2.75, 3.05) is 19.6 Å². The predicted octanol–water partition coefficient (Wildman–Crippen LogP) is 2.02. The first-order valence-corrected chi connectivity index (χ1v) is 7.63. The van der Waals surface area contributed by atoms with Gasteiger partial charge in [0.25, 0.3) is 0 Å². The van der Waals surface area contributed by atoms with Gasteiger partial charge >= 0.3 is 6.09 Å². The Labute approximate surface area is 123 Å². The third-order valence-corrected chi connectivity index (χ3v) is 3.31. The fourth-order valence-corrected chi connectivity index (χ4v) is 2.17. The monoisotopic (exact) mass is 285 g/mol. The lowest BCUT2D eigenvalue weighted by Crippen LogP contribution is -2.54. The highest BCUT2D eigenvalue weighted by atomic mass is 16.6. The largest absolute Gasteiger partial charge is 0.444 e. The van der Waals surface area contributed by atoms with Crippen LogP contribution in [0.15, 0.2) is 0 Å². The number of rotatable bonds is 5. The van der Waals surface area contributed by atoms with E-state index in [9.17, 15) is 4.79 Å². The molecule has 0 spiro atoms. The Morgan fingerprint density at radius 2 is 1.95 bits per heavy atom. The molecule has 1 fully saturated rings. The molecule has 1 aliphatic heterocycles. The predicted molar refractivity (Wildman–Crippen MR) is 82.0 cm³/mol. The van der Waals surface area contributed by atoms with Crippen LogP contribution in [0.1, 0.15) is 53.9 Å². The average Bonchev–Trinajstić information content (AvgIpc) is 2.34. The number of hydrogen-bond acceptors (Lipinski definition) is 4. The first kappa shape index (κ1) is 17.2. The minimum Gasteiger partial charge on any atom is -0.444 e. The standard InChI is InChI=1S/C15H31N3O2/c1-14(2,3)20-13(19)17-11-15(4,5)18-10-12-8-6-7-9-16-12/h12,16,18H,6-11H2,1-5H3,(H,17,19). The summed E-state index contributed by atoms with van der Waals surface area (Å²) in [4.78, 5) is 11.6. The average molecular weight is 285 g/mol. The Balaban J connectivity index is 2.24. The molecule has 0 aromatic rings. The minimum atomic E-state index is -0.451. The van der Waals surface area contributed by atoms with Gasteiger partial charge < -0.3 is 20.7 Å². The Hall–Kier alpha value is -0.810. The number of hydrogen-bond donors (Lipinski definition) is 3. The lowest BCUT2D eigenvalue weighted by molar-refractivity contribution is 0.0513. The van der Waals surface area contributed by atoms with E-state index in [4.69, 9.17) is 4.74 Å². The van der Waals surface area contributed by atoms with Crippen LogP contribution in [0.5, 0.6) is 0 Å². The van der Waals surface area contributed by atoms with Crippen molar-refractivity contribution in [1.29, 1.82) is 0 Å². The molecule has 0 aromatic heterocycles. The van der Waals surface area contributed by atoms with Gasteiger partial charge in [0.2, 0.25) is 0 Å². The summed E-state index contributed by atoms with van der Waals surface area (Å²) >= 11 is 0. The highest BCUT2D eigenvalue weighted by Crippen LogP contribution is 2.09. The van der Waals surface area contributed by atoms with Crippen LogP contribution in [0.2, 0.25) is 0 Å². The van der Waals surface area contributed by atoms with Crippen LogP contribution in [0.4, 0.5) is 4.79 Å². The molecule has 20 heavy (non-hydrogen) atoms. The lowest BCUT2D eigenvalue weighted by atomic mass is 10.0. The van der Waals surface area contributed by atoms with Gasteiger partial charge in [0.1, 0.15) is 5.60 Å². The molecule has 118 valence electrons. The van der Waals surface area contributed by atoms with Crippen LogP contribution in [-0.4, -0.2) is 42.9 Å². The maximum absolute atomic E-state index is 11.6. The highest BCUT2D eigenvalue weighted by molar-refractivity contribution is 5.67. The van der Waals surface area contributed by atoms with Crippen LogP contribution in [0.25, 0.3) is 0 Å². The summed E-state index contributed by atoms with van der Waals surface area (Å²) in [6.07, 6.45) is 3.45. The van der Waals surface area contributed by atoms with Crippen LogP contribution in [-0.2, 0) is 4.74 Å². The van der Waals surface area contributed by atoms with Gasteiger partial charge in [-0.05, 0) is 54.0 Å². The van der Waals surface area contributed by atoms with Crippen molar-refractivity contribution in [3.05, 3.63) is 0 Å². The van der Waals surface area contributed by atoms with E-state index in [0.717, 1.165) is 13.1 Å². The first-order chi connectivity index (χ1) is 9.18. The van der Waals surface area contributed by atoms with E-state index in [1.165, 1.54) is 19.3 Å². The number of piperidine rings is 1. The molecule has 1 unspecified atom stereocenters. The Morgan fingerprint density at radius 3 is 2.50 bits per heavy atom. The molecular weight excluding hydrogens is 254 g/mol. The molecule has 1 atom stereocenters. The van der Waals surface area contributed by atoms with E-state index < -0.39 is 5.60 Å². The van der Waals surface area contributed by atoms with Crippen LogP contribution >= 0.6 is 0 Å². The van der Waals surface area contributed by atoms with Gasteiger partial charge in [-0.25, -0.2) is 4.79 Å². The van der Waals surface area contributed by atoms with Gasteiger partial charge in [0, 0.05) is 24.7 Å². The smallest absolute Gasteiger partial charge is 0.407 e. The van der Waals surface area contributed by atoms with Gasteiger partial charge in [0.15, 0.2) is 0 Å². The molecule has 1 amide bonds. The summed E-state index contributed by atoms with van der Waals surface area (Å²) in [5.41, 5.74) is -0.594. The zero-order valence-electron chi connectivity index (χ0n) is 13.6. The second-order valence-corrected chi connectivity index (χ2v) is 7.27. The Bertz CT molecular complexity index is 305. The van der Waals surface area contributed by atoms with Crippen molar-refractivity contribution >= 4 is 6.09 Å². The fraction of sp³-hybridized carbons (Fsp3) is 0.933. The fourth-order valence-electron chi connectivity index (χ4n) is 2.17. The highest BCUT2D eigenvalue weighted by Gasteiger charge is 2.22. The molecule has 0 aromatic carbocycles. The molecule has 5 heteroatoms. The number of amides is 1. The first-order valence-electron chi connectivity index (χ1n) is 7.63. The summed E-state index contributed by atoms with van der Waals surface area (Å²) < 4.78 is 5.24. The Morgan fingerprint density at radius 1 is 1.25 bits per heavy atom. The molecule has 1 saturated heterocycles. The van der Waals surface area contributed by atoms with E-state index in [1.54, 1.807) is 0 Å². The quantitative estimate of drug-likeness (QED) is 0.723. The maximum atomic E-state index is 11.6.